The van der Waals surface area contributed by atoms with Crippen molar-refractivity contribution in [1.29, 1.82) is 5.26 Å². The largest absolute Gasteiger partial charge is 0.482 e. The molecular formula is C13H10N2O2. The zero-order chi connectivity index (χ0) is 11.8. The van der Waals surface area contributed by atoms with Crippen LogP contribution in [0.15, 0.2) is 18.2 Å². The van der Waals surface area contributed by atoms with Crippen molar-refractivity contribution in [3.05, 3.63) is 29.3 Å². The fourth-order valence-electron chi connectivity index (χ4n) is 2.38. The highest BCUT2D eigenvalue weighted by atomic mass is 16.5. The lowest BCUT2D eigenvalue weighted by Gasteiger charge is -2.21. The summed E-state index contributed by atoms with van der Waals surface area (Å²) in [5, 5.41) is 11.6. The summed E-state index contributed by atoms with van der Waals surface area (Å²) in [4.78, 5) is 11.4. The predicted molar refractivity (Wildman–Crippen MR) is 62.5 cm³/mol. The van der Waals surface area contributed by atoms with Gasteiger partial charge in [0, 0.05) is 11.6 Å². The van der Waals surface area contributed by atoms with Gasteiger partial charge in [-0.05, 0) is 30.0 Å². The van der Waals surface area contributed by atoms with Gasteiger partial charge in [-0.25, -0.2) is 0 Å². The monoisotopic (exact) mass is 226 g/mol. The number of aryl methyl sites for hydroxylation is 1. The Morgan fingerprint density at radius 3 is 3.12 bits per heavy atom. The number of rotatable bonds is 0. The van der Waals surface area contributed by atoms with Gasteiger partial charge in [-0.2, -0.15) is 5.26 Å². The number of anilines is 1. The first-order valence-electron chi connectivity index (χ1n) is 5.47. The van der Waals surface area contributed by atoms with Gasteiger partial charge in [0.1, 0.15) is 5.75 Å². The molecule has 0 atom stereocenters. The molecule has 84 valence electrons. The van der Waals surface area contributed by atoms with E-state index in [1.165, 1.54) is 0 Å². The standard InChI is InChI=1S/C13H10N2O2/c14-6-5-9-2-1-8-3-4-10-13(12(8)9)15-11(16)7-17-10/h3-5H,1-2,7H2,(H,15,16)/b9-5+. The second kappa shape index (κ2) is 3.63. The zero-order valence-corrected chi connectivity index (χ0v) is 9.12. The molecule has 1 amide bonds. The number of nitrogens with one attached hydrogen (secondary N) is 1. The third-order valence-corrected chi connectivity index (χ3v) is 3.10. The van der Waals surface area contributed by atoms with Crippen LogP contribution in [0.1, 0.15) is 17.5 Å². The Hall–Kier alpha value is -2.28. The van der Waals surface area contributed by atoms with Crippen LogP contribution < -0.4 is 10.1 Å². The minimum absolute atomic E-state index is 0.0586. The van der Waals surface area contributed by atoms with E-state index in [1.54, 1.807) is 6.08 Å². The molecule has 0 unspecified atom stereocenters. The molecule has 0 spiro atoms. The molecule has 3 rings (SSSR count). The van der Waals surface area contributed by atoms with Crippen molar-refractivity contribution in [1.82, 2.24) is 0 Å². The molecular weight excluding hydrogens is 216 g/mol. The Morgan fingerprint density at radius 1 is 1.41 bits per heavy atom. The molecule has 4 nitrogen and oxygen atoms in total. The third kappa shape index (κ3) is 1.48. The summed E-state index contributed by atoms with van der Waals surface area (Å²) < 4.78 is 5.37. The van der Waals surface area contributed by atoms with Crippen LogP contribution in [0.25, 0.3) is 5.57 Å². The van der Waals surface area contributed by atoms with E-state index in [-0.39, 0.29) is 12.5 Å². The van der Waals surface area contributed by atoms with E-state index in [0.717, 1.165) is 35.2 Å². The molecule has 1 N–H and O–H groups in total. The minimum atomic E-state index is -0.144. The summed E-state index contributed by atoms with van der Waals surface area (Å²) >= 11 is 0. The smallest absolute Gasteiger partial charge is 0.262 e. The number of ether oxygens (including phenoxy) is 1. The van der Waals surface area contributed by atoms with Crippen molar-refractivity contribution in [2.45, 2.75) is 12.8 Å². The second-order valence-electron chi connectivity index (χ2n) is 4.11. The van der Waals surface area contributed by atoms with Crippen LogP contribution in [-0.4, -0.2) is 12.5 Å². The Kier molecular flexibility index (Phi) is 2.12. The highest BCUT2D eigenvalue weighted by molar-refractivity contribution is 6.00. The average molecular weight is 226 g/mol. The molecule has 0 saturated carbocycles. The van der Waals surface area contributed by atoms with Crippen LogP contribution >= 0.6 is 0 Å². The van der Waals surface area contributed by atoms with Crippen molar-refractivity contribution in [3.8, 4) is 11.8 Å². The molecule has 0 aromatic heterocycles. The maximum Gasteiger partial charge on any atom is 0.262 e. The summed E-state index contributed by atoms with van der Waals surface area (Å²) in [6.07, 6.45) is 3.30. The van der Waals surface area contributed by atoms with E-state index in [9.17, 15) is 4.79 Å². The summed E-state index contributed by atoms with van der Waals surface area (Å²) in [6, 6.07) is 5.93. The lowest BCUT2D eigenvalue weighted by atomic mass is 10.0. The molecule has 1 aliphatic carbocycles. The van der Waals surface area contributed by atoms with E-state index in [2.05, 4.69) is 11.4 Å². The lowest BCUT2D eigenvalue weighted by molar-refractivity contribution is -0.118. The molecule has 1 aliphatic heterocycles. The van der Waals surface area contributed by atoms with Gasteiger partial charge in [0.05, 0.1) is 11.8 Å². The zero-order valence-electron chi connectivity index (χ0n) is 9.12. The number of hydrogen-bond acceptors (Lipinski definition) is 3. The number of fused-ring (bicyclic) bond motifs is 3. The van der Waals surface area contributed by atoms with E-state index < -0.39 is 0 Å². The minimum Gasteiger partial charge on any atom is -0.482 e. The van der Waals surface area contributed by atoms with Crippen LogP contribution in [0.5, 0.6) is 5.75 Å². The molecule has 0 saturated heterocycles. The van der Waals surface area contributed by atoms with Crippen molar-refractivity contribution in [3.63, 3.8) is 0 Å². The average Bonchev–Trinajstić information content (AvgIpc) is 2.73. The Morgan fingerprint density at radius 2 is 2.29 bits per heavy atom. The van der Waals surface area contributed by atoms with Crippen LogP contribution in [0.2, 0.25) is 0 Å². The number of nitriles is 1. The highest BCUT2D eigenvalue weighted by Gasteiger charge is 2.26. The van der Waals surface area contributed by atoms with Crippen molar-refractivity contribution in [2.24, 2.45) is 0 Å². The number of carbonyl (C=O) groups is 1. The quantitative estimate of drug-likeness (QED) is 0.687. The van der Waals surface area contributed by atoms with Crippen LogP contribution in [-0.2, 0) is 11.2 Å². The summed E-state index contributed by atoms with van der Waals surface area (Å²) in [7, 11) is 0. The fourth-order valence-corrected chi connectivity index (χ4v) is 2.38. The van der Waals surface area contributed by atoms with Crippen LogP contribution in [0.4, 0.5) is 5.69 Å². The van der Waals surface area contributed by atoms with Crippen LogP contribution in [0, 0.1) is 11.3 Å². The Bertz CT molecular complexity index is 582. The molecule has 0 fully saturated rings. The van der Waals surface area contributed by atoms with Gasteiger partial charge in [0.15, 0.2) is 6.61 Å². The first-order valence-corrected chi connectivity index (χ1v) is 5.47. The van der Waals surface area contributed by atoms with Gasteiger partial charge >= 0.3 is 0 Å². The van der Waals surface area contributed by atoms with Crippen LogP contribution in [0.3, 0.4) is 0 Å². The van der Waals surface area contributed by atoms with Crippen molar-refractivity contribution in [2.75, 3.05) is 11.9 Å². The van der Waals surface area contributed by atoms with Gasteiger partial charge in [-0.3, -0.25) is 4.79 Å². The molecule has 17 heavy (non-hydrogen) atoms. The molecule has 1 aromatic carbocycles. The van der Waals surface area contributed by atoms with Gasteiger partial charge in [0.25, 0.3) is 5.91 Å². The van der Waals surface area contributed by atoms with Gasteiger partial charge < -0.3 is 10.1 Å². The summed E-state index contributed by atoms with van der Waals surface area (Å²) in [6.45, 7) is 0.0586. The number of allylic oxidation sites excluding steroid dienone is 2. The highest BCUT2D eigenvalue weighted by Crippen LogP contribution is 2.43. The Balaban J connectivity index is 2.20. The van der Waals surface area contributed by atoms with Gasteiger partial charge in [0.2, 0.25) is 0 Å². The first-order chi connectivity index (χ1) is 8.29. The molecule has 0 radical (unpaired) electrons. The molecule has 4 heteroatoms. The first kappa shape index (κ1) is 9.91. The fraction of sp³-hybridized carbons (Fsp3) is 0.231. The van der Waals surface area contributed by atoms with Gasteiger partial charge in [-0.1, -0.05) is 6.07 Å². The van der Waals surface area contributed by atoms with Gasteiger partial charge in [-0.15, -0.1) is 0 Å². The molecule has 1 heterocycles. The van der Waals surface area contributed by atoms with E-state index >= 15 is 0 Å². The SMILES string of the molecule is N#C/C=C1\CCc2ccc3c(c21)NC(=O)CO3. The maximum atomic E-state index is 11.4. The van der Waals surface area contributed by atoms with E-state index in [4.69, 9.17) is 10.00 Å². The van der Waals surface area contributed by atoms with E-state index in [0.29, 0.717) is 5.75 Å². The predicted octanol–water partition coefficient (Wildman–Crippen LogP) is 1.87. The second-order valence-corrected chi connectivity index (χ2v) is 4.11. The lowest BCUT2D eigenvalue weighted by Crippen LogP contribution is -2.26. The van der Waals surface area contributed by atoms with Crippen molar-refractivity contribution < 1.29 is 9.53 Å². The van der Waals surface area contributed by atoms with Crippen molar-refractivity contribution >= 4 is 17.2 Å². The summed E-state index contributed by atoms with van der Waals surface area (Å²) in [5.74, 6) is 0.545. The summed E-state index contributed by atoms with van der Waals surface area (Å²) in [5.41, 5.74) is 3.83. The number of benzene rings is 1. The number of nitrogens with zero attached hydrogens (tertiary/aromatic N) is 1. The third-order valence-electron chi connectivity index (χ3n) is 3.10. The maximum absolute atomic E-state index is 11.4. The number of amides is 1. The Labute approximate surface area is 98.5 Å². The molecule has 2 aliphatic rings. The molecule has 0 bridgehead atoms. The normalized spacial score (nSPS) is 19.0. The molecule has 1 aromatic rings. The van der Waals surface area contributed by atoms with E-state index in [1.807, 2.05) is 12.1 Å². The number of hydrogen-bond donors (Lipinski definition) is 1. The topological polar surface area (TPSA) is 62.1 Å². The number of carbonyl (C=O) groups excluding carboxylic acids is 1.